The van der Waals surface area contributed by atoms with Crippen LogP contribution in [0, 0.1) is 13.8 Å². The molecule has 0 atom stereocenters. The third-order valence-electron chi connectivity index (χ3n) is 5.22. The van der Waals surface area contributed by atoms with Crippen molar-refractivity contribution < 1.29 is 4.79 Å². The molecule has 2 aromatic carbocycles. The molecule has 0 aliphatic carbocycles. The van der Waals surface area contributed by atoms with Crippen LogP contribution in [0.25, 0.3) is 5.69 Å². The fourth-order valence-corrected chi connectivity index (χ4v) is 3.86. The van der Waals surface area contributed by atoms with Crippen LogP contribution in [0.3, 0.4) is 0 Å². The minimum Gasteiger partial charge on any atom is -0.316 e. The standard InChI is InChI=1S/C25H27Cl2N3O/c1-16-13-19(17(2)30(16)22-8-6-7-21(26)24(22)27)15-28-29-23(31)14-18-9-11-20(12-10-18)25(3,4)5/h6-13,15H,14H2,1-5H3,(H,29,31)/b28-15-. The van der Waals surface area contributed by atoms with Crippen molar-refractivity contribution in [3.63, 3.8) is 0 Å². The number of rotatable bonds is 5. The predicted molar refractivity (Wildman–Crippen MR) is 130 cm³/mol. The van der Waals surface area contributed by atoms with Gasteiger partial charge in [-0.05, 0) is 48.6 Å². The van der Waals surface area contributed by atoms with Crippen molar-refractivity contribution in [2.75, 3.05) is 0 Å². The zero-order valence-electron chi connectivity index (χ0n) is 18.5. The molecule has 0 saturated heterocycles. The molecule has 31 heavy (non-hydrogen) atoms. The van der Waals surface area contributed by atoms with Crippen LogP contribution in [0.5, 0.6) is 0 Å². The van der Waals surface area contributed by atoms with Gasteiger partial charge in [-0.3, -0.25) is 4.79 Å². The lowest BCUT2D eigenvalue weighted by atomic mass is 9.86. The lowest BCUT2D eigenvalue weighted by molar-refractivity contribution is -0.120. The van der Waals surface area contributed by atoms with E-state index in [1.807, 2.05) is 48.7 Å². The lowest BCUT2D eigenvalue weighted by Crippen LogP contribution is -2.20. The normalized spacial score (nSPS) is 11.8. The average Bonchev–Trinajstić information content (AvgIpc) is 2.97. The number of hydrogen-bond donors (Lipinski definition) is 1. The minimum absolute atomic E-state index is 0.0901. The highest BCUT2D eigenvalue weighted by Gasteiger charge is 2.15. The molecule has 6 heteroatoms. The second-order valence-corrected chi connectivity index (χ2v) is 9.44. The van der Waals surface area contributed by atoms with Gasteiger partial charge in [0.25, 0.3) is 0 Å². The van der Waals surface area contributed by atoms with Gasteiger partial charge in [-0.15, -0.1) is 0 Å². The molecule has 1 aromatic heterocycles. The summed E-state index contributed by atoms with van der Waals surface area (Å²) in [6.07, 6.45) is 1.93. The Kier molecular flexibility index (Phi) is 6.93. The van der Waals surface area contributed by atoms with E-state index >= 15 is 0 Å². The van der Waals surface area contributed by atoms with E-state index < -0.39 is 0 Å². The first-order chi connectivity index (χ1) is 14.6. The van der Waals surface area contributed by atoms with Gasteiger partial charge in [0.1, 0.15) is 0 Å². The van der Waals surface area contributed by atoms with Gasteiger partial charge in [0.15, 0.2) is 0 Å². The average molecular weight is 456 g/mol. The molecule has 0 bridgehead atoms. The summed E-state index contributed by atoms with van der Waals surface area (Å²) in [7, 11) is 0. The highest BCUT2D eigenvalue weighted by atomic mass is 35.5. The van der Waals surface area contributed by atoms with E-state index in [1.54, 1.807) is 12.3 Å². The van der Waals surface area contributed by atoms with Crippen LogP contribution in [0.1, 0.15) is 48.8 Å². The molecule has 1 amide bonds. The summed E-state index contributed by atoms with van der Waals surface area (Å²) in [6, 6.07) is 15.7. The second kappa shape index (κ2) is 9.29. The number of nitrogens with one attached hydrogen (secondary N) is 1. The Morgan fingerprint density at radius 1 is 1.10 bits per heavy atom. The Balaban J connectivity index is 1.69. The summed E-state index contributed by atoms with van der Waals surface area (Å²) in [4.78, 5) is 12.3. The van der Waals surface area contributed by atoms with Gasteiger partial charge >= 0.3 is 0 Å². The first-order valence-corrected chi connectivity index (χ1v) is 10.9. The number of nitrogens with zero attached hydrogens (tertiary/aromatic N) is 2. The third kappa shape index (κ3) is 5.38. The Bertz CT molecular complexity index is 1120. The molecule has 162 valence electrons. The van der Waals surface area contributed by atoms with Crippen LogP contribution < -0.4 is 5.43 Å². The van der Waals surface area contributed by atoms with Crippen molar-refractivity contribution in [1.29, 1.82) is 0 Å². The lowest BCUT2D eigenvalue weighted by Gasteiger charge is -2.19. The van der Waals surface area contributed by atoms with Gasteiger partial charge in [0, 0.05) is 17.0 Å². The number of hydrogen-bond acceptors (Lipinski definition) is 2. The summed E-state index contributed by atoms with van der Waals surface area (Å²) >= 11 is 12.6. The molecule has 3 rings (SSSR count). The molecule has 1 heterocycles. The van der Waals surface area contributed by atoms with Crippen LogP contribution in [-0.2, 0) is 16.6 Å². The third-order valence-corrected chi connectivity index (χ3v) is 6.03. The van der Waals surface area contributed by atoms with Crippen molar-refractivity contribution in [2.45, 2.75) is 46.5 Å². The number of amides is 1. The Hall–Kier alpha value is -2.56. The smallest absolute Gasteiger partial charge is 0.244 e. The molecule has 0 saturated carbocycles. The summed E-state index contributed by atoms with van der Waals surface area (Å²) in [5, 5.41) is 5.15. The van der Waals surface area contributed by atoms with Crippen molar-refractivity contribution in [1.82, 2.24) is 9.99 Å². The van der Waals surface area contributed by atoms with Gasteiger partial charge in [-0.2, -0.15) is 5.10 Å². The van der Waals surface area contributed by atoms with E-state index in [1.165, 1.54) is 5.56 Å². The summed E-state index contributed by atoms with van der Waals surface area (Å²) in [5.41, 5.74) is 8.55. The number of halogens is 2. The highest BCUT2D eigenvalue weighted by Crippen LogP contribution is 2.31. The van der Waals surface area contributed by atoms with Crippen LogP contribution >= 0.6 is 23.2 Å². The van der Waals surface area contributed by atoms with Crippen molar-refractivity contribution in [3.8, 4) is 5.69 Å². The molecule has 4 nitrogen and oxygen atoms in total. The van der Waals surface area contributed by atoms with Crippen LogP contribution in [-0.4, -0.2) is 16.7 Å². The van der Waals surface area contributed by atoms with Gasteiger partial charge in [0.2, 0.25) is 5.91 Å². The van der Waals surface area contributed by atoms with E-state index in [9.17, 15) is 4.79 Å². The highest BCUT2D eigenvalue weighted by molar-refractivity contribution is 6.43. The van der Waals surface area contributed by atoms with E-state index in [0.717, 1.165) is 28.2 Å². The molecule has 0 radical (unpaired) electrons. The topological polar surface area (TPSA) is 46.4 Å². The molecule has 0 aliphatic heterocycles. The van der Waals surface area contributed by atoms with Gasteiger partial charge in [-0.1, -0.05) is 74.3 Å². The van der Waals surface area contributed by atoms with Crippen molar-refractivity contribution >= 4 is 35.3 Å². The number of aromatic nitrogens is 1. The first-order valence-electron chi connectivity index (χ1n) is 10.1. The Morgan fingerprint density at radius 3 is 2.42 bits per heavy atom. The monoisotopic (exact) mass is 455 g/mol. The summed E-state index contributed by atoms with van der Waals surface area (Å²) < 4.78 is 2.02. The van der Waals surface area contributed by atoms with Gasteiger partial charge < -0.3 is 4.57 Å². The van der Waals surface area contributed by atoms with E-state index in [4.69, 9.17) is 23.2 Å². The maximum absolute atomic E-state index is 12.3. The number of benzene rings is 2. The predicted octanol–water partition coefficient (Wildman–Crippen LogP) is 6.39. The van der Waals surface area contributed by atoms with E-state index in [-0.39, 0.29) is 17.7 Å². The zero-order chi connectivity index (χ0) is 22.8. The van der Waals surface area contributed by atoms with Gasteiger partial charge in [0.05, 0.1) is 28.4 Å². The molecule has 0 spiro atoms. The fourth-order valence-electron chi connectivity index (χ4n) is 3.48. The van der Waals surface area contributed by atoms with Crippen molar-refractivity contribution in [3.05, 3.63) is 86.7 Å². The fraction of sp³-hybridized carbons (Fsp3) is 0.280. The second-order valence-electron chi connectivity index (χ2n) is 8.65. The molecular weight excluding hydrogens is 429 g/mol. The molecule has 1 N–H and O–H groups in total. The maximum atomic E-state index is 12.3. The summed E-state index contributed by atoms with van der Waals surface area (Å²) in [6.45, 7) is 10.5. The number of carbonyl (C=O) groups excluding carboxylic acids is 1. The van der Waals surface area contributed by atoms with Crippen LogP contribution in [0.4, 0.5) is 0 Å². The number of carbonyl (C=O) groups is 1. The molecule has 0 unspecified atom stereocenters. The molecular formula is C25H27Cl2N3O. The van der Waals surface area contributed by atoms with Crippen molar-refractivity contribution in [2.24, 2.45) is 5.10 Å². The van der Waals surface area contributed by atoms with Crippen LogP contribution in [0.15, 0.2) is 53.6 Å². The number of aryl methyl sites for hydroxylation is 1. The van der Waals surface area contributed by atoms with E-state index in [0.29, 0.717) is 10.0 Å². The zero-order valence-corrected chi connectivity index (χ0v) is 20.0. The largest absolute Gasteiger partial charge is 0.316 e. The quantitative estimate of drug-likeness (QED) is 0.351. The summed E-state index contributed by atoms with van der Waals surface area (Å²) in [5.74, 6) is -0.161. The first kappa shape index (κ1) is 23.1. The SMILES string of the molecule is Cc1cc(/C=N\NC(=O)Cc2ccc(C(C)(C)C)cc2)c(C)n1-c1cccc(Cl)c1Cl. The Labute approximate surface area is 193 Å². The van der Waals surface area contributed by atoms with Crippen LogP contribution in [0.2, 0.25) is 10.0 Å². The van der Waals surface area contributed by atoms with Gasteiger partial charge in [-0.25, -0.2) is 5.43 Å². The molecule has 0 aliphatic rings. The molecule has 0 fully saturated rings. The van der Waals surface area contributed by atoms with E-state index in [2.05, 4.69) is 43.4 Å². The maximum Gasteiger partial charge on any atom is 0.244 e. The Morgan fingerprint density at radius 2 is 1.77 bits per heavy atom. The number of hydrazone groups is 1. The molecule has 3 aromatic rings. The minimum atomic E-state index is -0.161.